The van der Waals surface area contributed by atoms with Crippen LogP contribution in [0.1, 0.15) is 26.5 Å². The Morgan fingerprint density at radius 2 is 2.00 bits per heavy atom. The predicted molar refractivity (Wildman–Crippen MR) is 44.5 cm³/mol. The highest BCUT2D eigenvalue weighted by Crippen LogP contribution is 2.23. The van der Waals surface area contributed by atoms with Crippen molar-refractivity contribution in [3.8, 4) is 0 Å². The molecule has 0 amide bonds. The normalized spacial score (nSPS) is 12.0. The van der Waals surface area contributed by atoms with E-state index < -0.39 is 0 Å². The van der Waals surface area contributed by atoms with Gasteiger partial charge < -0.3 is 4.98 Å². The standard InChI is InChI=1S/C8H12ClN/c1-8(2,3)7-4-6(9)5-10-7/h4-5,10H,1-3H3. The molecule has 0 atom stereocenters. The summed E-state index contributed by atoms with van der Waals surface area (Å²) >= 11 is 5.74. The van der Waals surface area contributed by atoms with Crippen molar-refractivity contribution in [2.45, 2.75) is 26.2 Å². The second-order valence-electron chi connectivity index (χ2n) is 3.48. The Morgan fingerprint density at radius 3 is 2.20 bits per heavy atom. The van der Waals surface area contributed by atoms with Crippen LogP contribution in [-0.4, -0.2) is 4.98 Å². The molecule has 1 nitrogen and oxygen atoms in total. The fraction of sp³-hybridized carbons (Fsp3) is 0.500. The molecular formula is C8H12ClN. The van der Waals surface area contributed by atoms with Gasteiger partial charge >= 0.3 is 0 Å². The Hall–Kier alpha value is -0.430. The van der Waals surface area contributed by atoms with Crippen LogP contribution in [0.4, 0.5) is 0 Å². The van der Waals surface area contributed by atoms with E-state index >= 15 is 0 Å². The topological polar surface area (TPSA) is 15.8 Å². The van der Waals surface area contributed by atoms with Crippen LogP contribution in [0.25, 0.3) is 0 Å². The molecular weight excluding hydrogens is 146 g/mol. The number of hydrogen-bond donors (Lipinski definition) is 1. The van der Waals surface area contributed by atoms with Gasteiger partial charge in [0, 0.05) is 17.3 Å². The smallest absolute Gasteiger partial charge is 0.0583 e. The van der Waals surface area contributed by atoms with Gasteiger partial charge in [0.05, 0.1) is 5.02 Å². The third-order valence-electron chi connectivity index (χ3n) is 1.46. The van der Waals surface area contributed by atoms with Crippen LogP contribution in [0.5, 0.6) is 0 Å². The van der Waals surface area contributed by atoms with Crippen LogP contribution in [0, 0.1) is 0 Å². The minimum absolute atomic E-state index is 0.174. The van der Waals surface area contributed by atoms with Gasteiger partial charge in [-0.15, -0.1) is 0 Å². The van der Waals surface area contributed by atoms with E-state index in [4.69, 9.17) is 11.6 Å². The molecule has 0 saturated carbocycles. The monoisotopic (exact) mass is 157 g/mol. The van der Waals surface area contributed by atoms with Crippen LogP contribution >= 0.6 is 11.6 Å². The van der Waals surface area contributed by atoms with Crippen LogP contribution in [0.3, 0.4) is 0 Å². The summed E-state index contributed by atoms with van der Waals surface area (Å²) in [5, 5.41) is 0.782. The predicted octanol–water partition coefficient (Wildman–Crippen LogP) is 2.97. The molecule has 10 heavy (non-hydrogen) atoms. The minimum Gasteiger partial charge on any atom is -0.363 e. The fourth-order valence-corrected chi connectivity index (χ4v) is 0.965. The first kappa shape index (κ1) is 7.67. The highest BCUT2D eigenvalue weighted by molar-refractivity contribution is 6.30. The largest absolute Gasteiger partial charge is 0.363 e. The lowest BCUT2D eigenvalue weighted by Crippen LogP contribution is -2.10. The SMILES string of the molecule is CC(C)(C)c1cc(Cl)c[nH]1. The minimum atomic E-state index is 0.174. The zero-order valence-electron chi connectivity index (χ0n) is 6.53. The third-order valence-corrected chi connectivity index (χ3v) is 1.67. The van der Waals surface area contributed by atoms with E-state index in [-0.39, 0.29) is 5.41 Å². The molecule has 1 rings (SSSR count). The van der Waals surface area contributed by atoms with Crippen LogP contribution in [0.15, 0.2) is 12.3 Å². The second-order valence-corrected chi connectivity index (χ2v) is 3.92. The van der Waals surface area contributed by atoms with Crippen LogP contribution in [-0.2, 0) is 5.41 Å². The molecule has 0 aliphatic carbocycles. The van der Waals surface area contributed by atoms with E-state index in [0.717, 1.165) is 5.02 Å². The Balaban J connectivity index is 2.96. The molecule has 0 saturated heterocycles. The molecule has 1 heterocycles. The maximum Gasteiger partial charge on any atom is 0.0583 e. The molecule has 0 aliphatic heterocycles. The first-order valence-electron chi connectivity index (χ1n) is 3.34. The lowest BCUT2D eigenvalue weighted by atomic mass is 9.93. The lowest BCUT2D eigenvalue weighted by Gasteiger charge is -2.15. The molecule has 0 aliphatic rings. The van der Waals surface area contributed by atoms with Gasteiger partial charge in [0.1, 0.15) is 0 Å². The Bertz CT molecular complexity index is 219. The summed E-state index contributed by atoms with van der Waals surface area (Å²) in [6.07, 6.45) is 1.81. The second kappa shape index (κ2) is 2.31. The summed E-state index contributed by atoms with van der Waals surface area (Å²) in [4.78, 5) is 3.11. The van der Waals surface area contributed by atoms with E-state index in [1.807, 2.05) is 12.3 Å². The molecule has 0 radical (unpaired) electrons. The fourth-order valence-electron chi connectivity index (χ4n) is 0.801. The van der Waals surface area contributed by atoms with Gasteiger partial charge in [0.15, 0.2) is 0 Å². The van der Waals surface area contributed by atoms with Crippen LogP contribution in [0.2, 0.25) is 5.02 Å². The van der Waals surface area contributed by atoms with E-state index in [0.29, 0.717) is 0 Å². The molecule has 1 N–H and O–H groups in total. The number of rotatable bonds is 0. The number of halogens is 1. The Labute approximate surface area is 66.4 Å². The van der Waals surface area contributed by atoms with Crippen molar-refractivity contribution < 1.29 is 0 Å². The summed E-state index contributed by atoms with van der Waals surface area (Å²) in [7, 11) is 0. The van der Waals surface area contributed by atoms with Crippen molar-refractivity contribution in [3.05, 3.63) is 23.0 Å². The quantitative estimate of drug-likeness (QED) is 0.596. The maximum absolute atomic E-state index is 5.74. The average Bonchev–Trinajstić information content (AvgIpc) is 2.11. The maximum atomic E-state index is 5.74. The molecule has 0 unspecified atom stereocenters. The number of aromatic nitrogens is 1. The summed E-state index contributed by atoms with van der Waals surface area (Å²) < 4.78 is 0. The van der Waals surface area contributed by atoms with Crippen molar-refractivity contribution in [1.82, 2.24) is 4.98 Å². The zero-order chi connectivity index (χ0) is 7.78. The summed E-state index contributed by atoms with van der Waals surface area (Å²) in [6.45, 7) is 6.44. The molecule has 0 spiro atoms. The number of nitrogens with one attached hydrogen (secondary N) is 1. The molecule has 1 aromatic rings. The average molecular weight is 158 g/mol. The zero-order valence-corrected chi connectivity index (χ0v) is 7.29. The highest BCUT2D eigenvalue weighted by Gasteiger charge is 2.14. The third kappa shape index (κ3) is 1.54. The van der Waals surface area contributed by atoms with Gasteiger partial charge in [-0.25, -0.2) is 0 Å². The summed E-state index contributed by atoms with van der Waals surface area (Å²) in [5.74, 6) is 0. The summed E-state index contributed by atoms with van der Waals surface area (Å²) in [6, 6.07) is 1.96. The van der Waals surface area contributed by atoms with Gasteiger partial charge in [-0.3, -0.25) is 0 Å². The van der Waals surface area contributed by atoms with E-state index in [1.165, 1.54) is 5.69 Å². The first-order chi connectivity index (χ1) is 4.50. The molecule has 0 fully saturated rings. The summed E-state index contributed by atoms with van der Waals surface area (Å²) in [5.41, 5.74) is 1.35. The number of hydrogen-bond acceptors (Lipinski definition) is 0. The first-order valence-corrected chi connectivity index (χ1v) is 3.72. The van der Waals surface area contributed by atoms with Gasteiger partial charge in [0.2, 0.25) is 0 Å². The number of H-pyrrole nitrogens is 1. The highest BCUT2D eigenvalue weighted by atomic mass is 35.5. The van der Waals surface area contributed by atoms with Crippen LogP contribution < -0.4 is 0 Å². The van der Waals surface area contributed by atoms with Crippen molar-refractivity contribution in [2.75, 3.05) is 0 Å². The van der Waals surface area contributed by atoms with Gasteiger partial charge in [-0.1, -0.05) is 32.4 Å². The molecule has 0 bridgehead atoms. The van der Waals surface area contributed by atoms with E-state index in [9.17, 15) is 0 Å². The Kier molecular flexibility index (Phi) is 1.78. The number of aromatic amines is 1. The Morgan fingerprint density at radius 1 is 1.40 bits per heavy atom. The lowest BCUT2D eigenvalue weighted by molar-refractivity contribution is 0.573. The van der Waals surface area contributed by atoms with E-state index in [2.05, 4.69) is 25.8 Å². The molecule has 1 aromatic heterocycles. The van der Waals surface area contributed by atoms with Gasteiger partial charge in [-0.05, 0) is 6.07 Å². The van der Waals surface area contributed by atoms with Gasteiger partial charge in [0.25, 0.3) is 0 Å². The molecule has 56 valence electrons. The molecule has 2 heteroatoms. The van der Waals surface area contributed by atoms with E-state index in [1.54, 1.807) is 0 Å². The molecule has 0 aromatic carbocycles. The van der Waals surface area contributed by atoms with Crippen molar-refractivity contribution in [1.29, 1.82) is 0 Å². The van der Waals surface area contributed by atoms with Crippen molar-refractivity contribution in [3.63, 3.8) is 0 Å². The van der Waals surface area contributed by atoms with Gasteiger partial charge in [-0.2, -0.15) is 0 Å². The van der Waals surface area contributed by atoms with Crippen molar-refractivity contribution in [2.24, 2.45) is 0 Å². The van der Waals surface area contributed by atoms with Crippen molar-refractivity contribution >= 4 is 11.6 Å².